The van der Waals surface area contributed by atoms with E-state index in [0.717, 1.165) is 52.5 Å². The van der Waals surface area contributed by atoms with Crippen molar-refractivity contribution in [3.63, 3.8) is 0 Å². The SMILES string of the molecule is c1ccc(C2NNNC2CN(CCN2CCOCC2)Cc2cccnc2)cc1. The number of nitrogens with zero attached hydrogens (tertiary/aromatic N) is 3. The van der Waals surface area contributed by atoms with Gasteiger partial charge in [0.1, 0.15) is 0 Å². The third-order valence-corrected chi connectivity index (χ3v) is 5.47. The number of hydrogen-bond acceptors (Lipinski definition) is 7. The van der Waals surface area contributed by atoms with E-state index in [1.54, 1.807) is 0 Å². The Morgan fingerprint density at radius 2 is 1.93 bits per heavy atom. The van der Waals surface area contributed by atoms with Crippen LogP contribution >= 0.6 is 0 Å². The minimum Gasteiger partial charge on any atom is -0.379 e. The number of hydrazine groups is 2. The van der Waals surface area contributed by atoms with Crippen LogP contribution in [-0.4, -0.2) is 66.8 Å². The van der Waals surface area contributed by atoms with Crippen LogP contribution in [-0.2, 0) is 11.3 Å². The monoisotopic (exact) mass is 382 g/mol. The van der Waals surface area contributed by atoms with Gasteiger partial charge in [0.05, 0.1) is 25.3 Å². The maximum absolute atomic E-state index is 5.48. The molecule has 3 heterocycles. The van der Waals surface area contributed by atoms with Gasteiger partial charge in [-0.2, -0.15) is 5.53 Å². The number of morpholine rings is 1. The quantitative estimate of drug-likeness (QED) is 0.628. The fraction of sp³-hybridized carbons (Fsp3) is 0.476. The van der Waals surface area contributed by atoms with Crippen molar-refractivity contribution in [2.75, 3.05) is 45.9 Å². The summed E-state index contributed by atoms with van der Waals surface area (Å²) in [5.41, 5.74) is 12.4. The molecule has 1 aromatic carbocycles. The lowest BCUT2D eigenvalue weighted by molar-refractivity contribution is 0.0324. The van der Waals surface area contributed by atoms with Crippen molar-refractivity contribution in [1.82, 2.24) is 31.2 Å². The number of rotatable bonds is 8. The molecular formula is C21H30N6O. The molecule has 0 spiro atoms. The number of nitrogens with one attached hydrogen (secondary N) is 3. The highest BCUT2D eigenvalue weighted by Crippen LogP contribution is 2.20. The number of pyridine rings is 1. The molecule has 2 atom stereocenters. The molecule has 0 amide bonds. The zero-order valence-corrected chi connectivity index (χ0v) is 16.3. The minimum atomic E-state index is 0.237. The summed E-state index contributed by atoms with van der Waals surface area (Å²) in [6.45, 7) is 7.67. The fourth-order valence-electron chi connectivity index (χ4n) is 3.89. The first-order chi connectivity index (χ1) is 13.9. The largest absolute Gasteiger partial charge is 0.379 e. The van der Waals surface area contributed by atoms with E-state index in [-0.39, 0.29) is 12.1 Å². The van der Waals surface area contributed by atoms with E-state index in [0.29, 0.717) is 0 Å². The van der Waals surface area contributed by atoms with Crippen molar-refractivity contribution in [1.29, 1.82) is 0 Å². The van der Waals surface area contributed by atoms with Crippen molar-refractivity contribution >= 4 is 0 Å². The predicted octanol–water partition coefficient (Wildman–Crippen LogP) is 0.938. The van der Waals surface area contributed by atoms with E-state index in [1.165, 1.54) is 11.1 Å². The Hall–Kier alpha value is -1.87. The van der Waals surface area contributed by atoms with Crippen LogP contribution in [0.15, 0.2) is 54.9 Å². The molecular weight excluding hydrogens is 352 g/mol. The van der Waals surface area contributed by atoms with E-state index in [9.17, 15) is 0 Å². The molecule has 4 rings (SSSR count). The van der Waals surface area contributed by atoms with Crippen LogP contribution in [0, 0.1) is 0 Å². The highest BCUT2D eigenvalue weighted by Gasteiger charge is 2.29. The summed E-state index contributed by atoms with van der Waals surface area (Å²) in [5, 5.41) is 0. The van der Waals surface area contributed by atoms with Gasteiger partial charge in [0.25, 0.3) is 0 Å². The summed E-state index contributed by atoms with van der Waals surface area (Å²) in [6.07, 6.45) is 3.80. The van der Waals surface area contributed by atoms with Gasteiger partial charge in [0.2, 0.25) is 0 Å². The summed E-state index contributed by atoms with van der Waals surface area (Å²) < 4.78 is 5.48. The fourth-order valence-corrected chi connectivity index (χ4v) is 3.89. The van der Waals surface area contributed by atoms with Gasteiger partial charge in [-0.1, -0.05) is 36.4 Å². The summed E-state index contributed by atoms with van der Waals surface area (Å²) in [5.74, 6) is 0. The lowest BCUT2D eigenvalue weighted by Crippen LogP contribution is -2.46. The molecule has 7 nitrogen and oxygen atoms in total. The molecule has 3 N–H and O–H groups in total. The molecule has 1 aromatic heterocycles. The molecule has 150 valence electrons. The van der Waals surface area contributed by atoms with E-state index in [4.69, 9.17) is 4.74 Å². The van der Waals surface area contributed by atoms with Crippen LogP contribution in [0.2, 0.25) is 0 Å². The van der Waals surface area contributed by atoms with Crippen molar-refractivity contribution in [2.24, 2.45) is 0 Å². The molecule has 7 heteroatoms. The number of ether oxygens (including phenoxy) is 1. The predicted molar refractivity (Wildman–Crippen MR) is 109 cm³/mol. The lowest BCUT2D eigenvalue weighted by atomic mass is 10.0. The Morgan fingerprint density at radius 1 is 1.07 bits per heavy atom. The van der Waals surface area contributed by atoms with Crippen LogP contribution < -0.4 is 16.4 Å². The number of benzene rings is 1. The second kappa shape index (κ2) is 10.1. The Labute approximate surface area is 167 Å². The molecule has 2 aromatic rings. The lowest BCUT2D eigenvalue weighted by Gasteiger charge is -2.32. The Bertz CT molecular complexity index is 695. The first kappa shape index (κ1) is 19.4. The van der Waals surface area contributed by atoms with Crippen molar-refractivity contribution in [3.05, 3.63) is 66.0 Å². The van der Waals surface area contributed by atoms with Crippen molar-refractivity contribution < 1.29 is 4.74 Å². The van der Waals surface area contributed by atoms with Gasteiger partial charge in [-0.3, -0.25) is 14.8 Å². The zero-order valence-electron chi connectivity index (χ0n) is 16.3. The third kappa shape index (κ3) is 5.35. The van der Waals surface area contributed by atoms with Gasteiger partial charge in [-0.05, 0) is 17.2 Å². The highest BCUT2D eigenvalue weighted by molar-refractivity contribution is 5.21. The minimum absolute atomic E-state index is 0.237. The van der Waals surface area contributed by atoms with Crippen LogP contribution in [0.3, 0.4) is 0 Å². The summed E-state index contributed by atoms with van der Waals surface area (Å²) in [6, 6.07) is 15.3. The Morgan fingerprint density at radius 3 is 2.71 bits per heavy atom. The zero-order chi connectivity index (χ0) is 19.0. The molecule has 2 aliphatic heterocycles. The first-order valence-electron chi connectivity index (χ1n) is 10.1. The highest BCUT2D eigenvalue weighted by atomic mass is 16.5. The third-order valence-electron chi connectivity index (χ3n) is 5.47. The van der Waals surface area contributed by atoms with Crippen LogP contribution in [0.1, 0.15) is 17.2 Å². The normalized spacial score (nSPS) is 23.3. The topological polar surface area (TPSA) is 64.7 Å². The molecule has 28 heavy (non-hydrogen) atoms. The van der Waals surface area contributed by atoms with E-state index < -0.39 is 0 Å². The number of hydrogen-bond donors (Lipinski definition) is 3. The molecule has 2 fully saturated rings. The molecule has 2 saturated heterocycles. The smallest absolute Gasteiger partial charge is 0.0655 e. The van der Waals surface area contributed by atoms with Crippen molar-refractivity contribution in [2.45, 2.75) is 18.6 Å². The molecule has 0 aliphatic carbocycles. The maximum atomic E-state index is 5.48. The summed E-state index contributed by atoms with van der Waals surface area (Å²) in [7, 11) is 0. The van der Waals surface area contributed by atoms with Gasteiger partial charge < -0.3 is 4.74 Å². The van der Waals surface area contributed by atoms with Gasteiger partial charge in [-0.15, -0.1) is 0 Å². The van der Waals surface area contributed by atoms with Crippen LogP contribution in [0.5, 0.6) is 0 Å². The molecule has 0 radical (unpaired) electrons. The molecule has 0 saturated carbocycles. The van der Waals surface area contributed by atoms with Gasteiger partial charge in [-0.25, -0.2) is 10.9 Å². The van der Waals surface area contributed by atoms with E-state index >= 15 is 0 Å². The van der Waals surface area contributed by atoms with Crippen LogP contribution in [0.25, 0.3) is 0 Å². The standard InChI is InChI=1S/C21H30N6O/c1-2-6-19(7-3-1)21-20(23-25-24-21)17-27(16-18-5-4-8-22-15-18)10-9-26-11-13-28-14-12-26/h1-8,15,20-21,23-25H,9-14,16-17H2. The van der Waals surface area contributed by atoms with Gasteiger partial charge in [0.15, 0.2) is 0 Å². The van der Waals surface area contributed by atoms with Crippen LogP contribution in [0.4, 0.5) is 0 Å². The molecule has 2 aliphatic rings. The summed E-state index contributed by atoms with van der Waals surface area (Å²) in [4.78, 5) is 9.30. The first-order valence-corrected chi connectivity index (χ1v) is 10.1. The summed E-state index contributed by atoms with van der Waals surface area (Å²) >= 11 is 0. The van der Waals surface area contributed by atoms with Gasteiger partial charge in [0, 0.05) is 51.7 Å². The van der Waals surface area contributed by atoms with E-state index in [1.807, 2.05) is 18.5 Å². The second-order valence-electron chi connectivity index (χ2n) is 7.46. The maximum Gasteiger partial charge on any atom is 0.0655 e. The van der Waals surface area contributed by atoms with Gasteiger partial charge >= 0.3 is 0 Å². The molecule has 2 unspecified atom stereocenters. The number of aromatic nitrogens is 1. The average Bonchev–Trinajstić information content (AvgIpc) is 3.22. The Kier molecular flexibility index (Phi) is 6.99. The van der Waals surface area contributed by atoms with E-state index in [2.05, 4.69) is 67.6 Å². The van der Waals surface area contributed by atoms with Crippen molar-refractivity contribution in [3.8, 4) is 0 Å². The Balaban J connectivity index is 1.41. The average molecular weight is 383 g/mol. The molecule has 0 bridgehead atoms. The second-order valence-corrected chi connectivity index (χ2v) is 7.46.